The topological polar surface area (TPSA) is 102 Å². The molecule has 1 aromatic rings. The molecular formula is C35H65F3O7. The summed E-state index contributed by atoms with van der Waals surface area (Å²) in [6, 6.07) is 6.11. The Morgan fingerprint density at radius 1 is 0.778 bits per heavy atom. The largest absolute Gasteiger partial charge is 0.508 e. The summed E-state index contributed by atoms with van der Waals surface area (Å²) >= 11 is 0. The molecule has 268 valence electrons. The van der Waals surface area contributed by atoms with Crippen LogP contribution in [0, 0.1) is 16.7 Å². The number of aliphatic hydroxyl groups is 1. The molecule has 1 fully saturated rings. The van der Waals surface area contributed by atoms with E-state index >= 15 is 0 Å². The third-order valence-corrected chi connectivity index (χ3v) is 8.19. The van der Waals surface area contributed by atoms with Gasteiger partial charge >= 0.3 is 18.1 Å². The molecule has 2 N–H and O–H groups in total. The van der Waals surface area contributed by atoms with E-state index in [9.17, 15) is 27.9 Å². The average Bonchev–Trinajstić information content (AvgIpc) is 2.89. The lowest BCUT2D eigenvalue weighted by atomic mass is 9.77. The maximum absolute atomic E-state index is 12.8. The van der Waals surface area contributed by atoms with Crippen molar-refractivity contribution < 1.29 is 47.2 Å². The molecule has 0 heterocycles. The Morgan fingerprint density at radius 2 is 1.20 bits per heavy atom. The summed E-state index contributed by atoms with van der Waals surface area (Å²) in [5.74, 6) is 0.195. The molecule has 0 aromatic heterocycles. The van der Waals surface area contributed by atoms with Gasteiger partial charge in [-0.25, -0.2) is 0 Å². The van der Waals surface area contributed by atoms with Gasteiger partial charge in [-0.15, -0.1) is 0 Å². The van der Waals surface area contributed by atoms with Gasteiger partial charge in [0.05, 0.1) is 23.0 Å². The van der Waals surface area contributed by atoms with Crippen molar-refractivity contribution in [3.8, 4) is 11.5 Å². The molecule has 0 aliphatic heterocycles. The monoisotopic (exact) mass is 654 g/mol. The van der Waals surface area contributed by atoms with Crippen molar-refractivity contribution in [2.45, 2.75) is 154 Å². The molecule has 0 spiro atoms. The van der Waals surface area contributed by atoms with Gasteiger partial charge in [-0.1, -0.05) is 43.6 Å². The fraction of sp³-hybridized carbons (Fsp3) is 0.771. The van der Waals surface area contributed by atoms with Crippen LogP contribution in [0.1, 0.15) is 131 Å². The molecule has 1 aromatic carbocycles. The standard InChI is InChI=1S/C19H33F3O4.C12H16O3.4CH4/c1-7-16(2,3)15(23)26-14-10-8-13(9-11-14)17(4,5)25-12-18(6,24)19(20,21)22;1-4-12(2,3)11(14)15-10-7-5-9(13)6-8-10;;;;/h13-14,24H,7-12H2,1-6H3;5-8,13H,4H2,1-3H3;4*1H4. The van der Waals surface area contributed by atoms with E-state index in [0.717, 1.165) is 13.3 Å². The van der Waals surface area contributed by atoms with Crippen molar-refractivity contribution in [3.63, 3.8) is 0 Å². The molecule has 1 atom stereocenters. The Labute approximate surface area is 272 Å². The van der Waals surface area contributed by atoms with Crippen LogP contribution in [0.25, 0.3) is 0 Å². The van der Waals surface area contributed by atoms with Gasteiger partial charge in [-0.05, 0) is 117 Å². The molecular weight excluding hydrogens is 589 g/mol. The van der Waals surface area contributed by atoms with Crippen LogP contribution in [0.5, 0.6) is 11.5 Å². The lowest BCUT2D eigenvalue weighted by Crippen LogP contribution is -2.50. The number of esters is 2. The van der Waals surface area contributed by atoms with E-state index in [-0.39, 0.29) is 59.4 Å². The van der Waals surface area contributed by atoms with Crippen LogP contribution in [0.4, 0.5) is 13.2 Å². The van der Waals surface area contributed by atoms with E-state index in [0.29, 0.717) is 37.9 Å². The van der Waals surface area contributed by atoms with E-state index in [1.807, 2.05) is 41.5 Å². The third-order valence-electron chi connectivity index (χ3n) is 8.19. The summed E-state index contributed by atoms with van der Waals surface area (Å²) in [6.07, 6.45) is -0.737. The van der Waals surface area contributed by atoms with Gasteiger partial charge in [0.15, 0.2) is 5.60 Å². The predicted octanol–water partition coefficient (Wildman–Crippen LogP) is 9.91. The number of carbonyl (C=O) groups is 2. The first-order chi connectivity index (χ1) is 18.6. The number of aromatic hydroxyl groups is 1. The van der Waals surface area contributed by atoms with E-state index in [1.165, 1.54) is 12.1 Å². The smallest absolute Gasteiger partial charge is 0.419 e. The van der Waals surface area contributed by atoms with E-state index in [2.05, 4.69) is 0 Å². The second kappa shape index (κ2) is 19.4. The zero-order valence-corrected chi connectivity index (χ0v) is 26.0. The van der Waals surface area contributed by atoms with Crippen LogP contribution < -0.4 is 4.74 Å². The Balaban J connectivity index is -0.000000383. The van der Waals surface area contributed by atoms with E-state index in [1.54, 1.807) is 26.0 Å². The Bertz CT molecular complexity index is 976. The number of phenols is 1. The Kier molecular flexibility index (Phi) is 21.3. The predicted molar refractivity (Wildman–Crippen MR) is 177 cm³/mol. The molecule has 0 bridgehead atoms. The molecule has 0 radical (unpaired) electrons. The zero-order chi connectivity index (χ0) is 31.9. The number of alkyl halides is 3. The fourth-order valence-electron chi connectivity index (χ4n) is 3.76. The number of hydrogen-bond donors (Lipinski definition) is 2. The van der Waals surface area contributed by atoms with Crippen molar-refractivity contribution >= 4 is 11.9 Å². The molecule has 1 saturated carbocycles. The molecule has 0 saturated heterocycles. The van der Waals surface area contributed by atoms with Crippen LogP contribution in [-0.2, 0) is 19.1 Å². The normalized spacial score (nSPS) is 18.1. The first kappa shape index (κ1) is 49.5. The van der Waals surface area contributed by atoms with Crippen molar-refractivity contribution in [3.05, 3.63) is 24.3 Å². The van der Waals surface area contributed by atoms with Crippen LogP contribution in [0.15, 0.2) is 24.3 Å². The lowest BCUT2D eigenvalue weighted by molar-refractivity contribution is -0.278. The highest BCUT2D eigenvalue weighted by Gasteiger charge is 2.51. The van der Waals surface area contributed by atoms with E-state index in [4.69, 9.17) is 19.3 Å². The minimum absolute atomic E-state index is 0. The maximum Gasteiger partial charge on any atom is 0.419 e. The zero-order valence-electron chi connectivity index (χ0n) is 26.0. The number of rotatable bonds is 10. The number of carbonyl (C=O) groups excluding carboxylic acids is 2. The fourth-order valence-corrected chi connectivity index (χ4v) is 3.76. The quantitative estimate of drug-likeness (QED) is 0.191. The number of phenolic OH excluding ortho intramolecular Hbond substituents is 1. The SMILES string of the molecule is C.C.C.C.CCC(C)(C)C(=O)OC1CCC(C(C)(C)OCC(C)(O)C(F)(F)F)CC1.CCC(C)(C)C(=O)Oc1ccc(O)cc1. The van der Waals surface area contributed by atoms with Crippen molar-refractivity contribution in [1.82, 2.24) is 0 Å². The summed E-state index contributed by atoms with van der Waals surface area (Å²) in [4.78, 5) is 23.8. The summed E-state index contributed by atoms with van der Waals surface area (Å²) in [6.45, 7) is 14.7. The molecule has 1 unspecified atom stereocenters. The second-order valence-electron chi connectivity index (χ2n) is 12.9. The minimum atomic E-state index is -4.74. The van der Waals surface area contributed by atoms with Gasteiger partial charge in [0.2, 0.25) is 0 Å². The van der Waals surface area contributed by atoms with Gasteiger partial charge in [0.1, 0.15) is 17.6 Å². The number of benzene rings is 1. The summed E-state index contributed by atoms with van der Waals surface area (Å²) in [5.41, 5.74) is -4.66. The van der Waals surface area contributed by atoms with Gasteiger partial charge < -0.3 is 24.4 Å². The second-order valence-corrected chi connectivity index (χ2v) is 12.9. The van der Waals surface area contributed by atoms with Crippen molar-refractivity contribution in [1.29, 1.82) is 0 Å². The maximum atomic E-state index is 12.8. The first-order valence-electron chi connectivity index (χ1n) is 14.2. The van der Waals surface area contributed by atoms with Gasteiger partial charge in [0.25, 0.3) is 0 Å². The van der Waals surface area contributed by atoms with Gasteiger partial charge in [-0.2, -0.15) is 13.2 Å². The number of hydrogen-bond acceptors (Lipinski definition) is 7. The summed E-state index contributed by atoms with van der Waals surface area (Å²) < 4.78 is 54.6. The lowest BCUT2D eigenvalue weighted by Gasteiger charge is -2.41. The highest BCUT2D eigenvalue weighted by atomic mass is 19.4. The van der Waals surface area contributed by atoms with Gasteiger partial charge in [0, 0.05) is 0 Å². The molecule has 45 heavy (non-hydrogen) atoms. The molecule has 1 aliphatic rings. The third kappa shape index (κ3) is 15.2. The summed E-state index contributed by atoms with van der Waals surface area (Å²) in [7, 11) is 0. The minimum Gasteiger partial charge on any atom is -0.508 e. The Hall–Kier alpha value is -2.33. The molecule has 0 amide bonds. The van der Waals surface area contributed by atoms with Gasteiger partial charge in [-0.3, -0.25) is 9.59 Å². The molecule has 10 heteroatoms. The Morgan fingerprint density at radius 3 is 1.60 bits per heavy atom. The average molecular weight is 655 g/mol. The molecule has 7 nitrogen and oxygen atoms in total. The molecule has 2 rings (SSSR count). The van der Waals surface area contributed by atoms with Crippen LogP contribution in [0.2, 0.25) is 0 Å². The first-order valence-corrected chi connectivity index (χ1v) is 14.2. The van der Waals surface area contributed by atoms with E-state index < -0.39 is 34.8 Å². The number of ether oxygens (including phenoxy) is 3. The summed E-state index contributed by atoms with van der Waals surface area (Å²) in [5, 5.41) is 18.6. The molecule has 1 aliphatic carbocycles. The highest BCUT2D eigenvalue weighted by molar-refractivity contribution is 5.78. The number of halogens is 3. The van der Waals surface area contributed by atoms with Crippen molar-refractivity contribution in [2.75, 3.05) is 6.61 Å². The van der Waals surface area contributed by atoms with Crippen molar-refractivity contribution in [2.24, 2.45) is 16.7 Å². The van der Waals surface area contributed by atoms with Crippen LogP contribution in [-0.4, -0.2) is 52.2 Å². The van der Waals surface area contributed by atoms with Crippen LogP contribution in [0.3, 0.4) is 0 Å². The van der Waals surface area contributed by atoms with Crippen LogP contribution >= 0.6 is 0 Å². The highest BCUT2D eigenvalue weighted by Crippen LogP contribution is 2.39.